The number of anilines is 1. The van der Waals surface area contributed by atoms with Crippen LogP contribution < -0.4 is 14.8 Å². The van der Waals surface area contributed by atoms with Crippen molar-refractivity contribution in [1.29, 1.82) is 0 Å². The molecule has 1 aliphatic heterocycles. The number of benzene rings is 2. The summed E-state index contributed by atoms with van der Waals surface area (Å²) in [6, 6.07) is 7.75. The number of aryl methyl sites for hydroxylation is 1. The fourth-order valence-corrected chi connectivity index (χ4v) is 3.88. The van der Waals surface area contributed by atoms with Crippen LogP contribution in [0.25, 0.3) is 11.4 Å². The zero-order valence-electron chi connectivity index (χ0n) is 17.9. The second kappa shape index (κ2) is 8.75. The molecule has 4 rings (SSSR count). The maximum atomic E-state index is 14.7. The zero-order chi connectivity index (χ0) is 22.0. The number of methoxy groups -OCH3 is 2. The summed E-state index contributed by atoms with van der Waals surface area (Å²) in [6.07, 6.45) is 4.01. The van der Waals surface area contributed by atoms with Crippen molar-refractivity contribution in [3.63, 3.8) is 0 Å². The van der Waals surface area contributed by atoms with Crippen LogP contribution in [0.5, 0.6) is 11.5 Å². The number of carbonyl (C=O) groups excluding carboxylic acids is 1. The number of nitrogens with one attached hydrogen (secondary N) is 1. The zero-order valence-corrected chi connectivity index (χ0v) is 17.9. The topological polar surface area (TPSA) is 78.3 Å². The maximum Gasteiger partial charge on any atom is 0.255 e. The molecule has 1 aromatic heterocycles. The Bertz CT molecular complexity index is 1100. The maximum absolute atomic E-state index is 14.7. The first kappa shape index (κ1) is 20.8. The second-order valence-electron chi connectivity index (χ2n) is 7.56. The Morgan fingerprint density at radius 1 is 1.06 bits per heavy atom. The minimum absolute atomic E-state index is 0.317. The summed E-state index contributed by atoms with van der Waals surface area (Å²) >= 11 is 0. The molecule has 2 heterocycles. The molecule has 1 N–H and O–H groups in total. The minimum atomic E-state index is -0.406. The molecule has 8 heteroatoms. The molecule has 31 heavy (non-hydrogen) atoms. The van der Waals surface area contributed by atoms with E-state index in [0.29, 0.717) is 34.1 Å². The number of carbonyl (C=O) groups is 1. The van der Waals surface area contributed by atoms with Gasteiger partial charge in [-0.25, -0.2) is 4.39 Å². The number of halogens is 1. The molecule has 2 aromatic carbocycles. The van der Waals surface area contributed by atoms with Crippen LogP contribution in [0.2, 0.25) is 0 Å². The van der Waals surface area contributed by atoms with E-state index in [1.807, 2.05) is 11.5 Å². The highest BCUT2D eigenvalue weighted by molar-refractivity contribution is 6.05. The first-order valence-corrected chi connectivity index (χ1v) is 10.3. The lowest BCUT2D eigenvalue weighted by Crippen LogP contribution is -2.13. The lowest BCUT2D eigenvalue weighted by atomic mass is 10.1. The molecule has 1 aliphatic rings. The van der Waals surface area contributed by atoms with E-state index in [-0.39, 0.29) is 5.91 Å². The fourth-order valence-electron chi connectivity index (χ4n) is 3.88. The third-order valence-corrected chi connectivity index (χ3v) is 5.59. The molecule has 1 amide bonds. The van der Waals surface area contributed by atoms with E-state index in [4.69, 9.17) is 9.47 Å². The Morgan fingerprint density at radius 3 is 2.52 bits per heavy atom. The van der Waals surface area contributed by atoms with Gasteiger partial charge in [0.1, 0.15) is 23.1 Å². The average molecular weight is 424 g/mol. The van der Waals surface area contributed by atoms with Crippen molar-refractivity contribution in [2.24, 2.45) is 0 Å². The van der Waals surface area contributed by atoms with E-state index in [0.717, 1.165) is 43.6 Å². The summed E-state index contributed by atoms with van der Waals surface area (Å²) in [4.78, 5) is 12.9. The van der Waals surface area contributed by atoms with Crippen LogP contribution in [0, 0.1) is 12.7 Å². The molecular formula is C23H25FN4O3. The molecule has 7 nitrogen and oxygen atoms in total. The first-order valence-electron chi connectivity index (χ1n) is 10.3. The van der Waals surface area contributed by atoms with Crippen molar-refractivity contribution in [2.75, 3.05) is 19.5 Å². The molecule has 0 saturated heterocycles. The lowest BCUT2D eigenvalue weighted by Gasteiger charge is -2.13. The minimum Gasteiger partial charge on any atom is -0.496 e. The average Bonchev–Trinajstić information content (AvgIpc) is 3.02. The highest BCUT2D eigenvalue weighted by Gasteiger charge is 2.20. The number of ether oxygens (including phenoxy) is 2. The van der Waals surface area contributed by atoms with E-state index in [1.54, 1.807) is 18.2 Å². The van der Waals surface area contributed by atoms with Gasteiger partial charge >= 0.3 is 0 Å². The van der Waals surface area contributed by atoms with Crippen molar-refractivity contribution in [3.05, 3.63) is 53.1 Å². The third kappa shape index (κ3) is 4.10. The molecule has 0 radical (unpaired) electrons. The highest BCUT2D eigenvalue weighted by atomic mass is 19.1. The molecular weight excluding hydrogens is 399 g/mol. The van der Waals surface area contributed by atoms with Crippen molar-refractivity contribution in [1.82, 2.24) is 14.8 Å². The standard InChI is InChI=1S/C23H25FN4O3/c1-14-19(30-2)11-15(12-20(14)31-3)23(29)25-16-8-9-18(24)17(13-16)22-27-26-21-7-5-4-6-10-28(21)22/h8-9,11-13H,4-7,10H2,1-3H3,(H,25,29). The molecule has 3 aromatic rings. The van der Waals surface area contributed by atoms with E-state index in [2.05, 4.69) is 15.5 Å². The number of fused-ring (bicyclic) bond motifs is 1. The summed E-state index contributed by atoms with van der Waals surface area (Å²) in [5, 5.41) is 11.3. The van der Waals surface area contributed by atoms with Gasteiger partial charge in [-0.15, -0.1) is 10.2 Å². The largest absolute Gasteiger partial charge is 0.496 e. The monoisotopic (exact) mass is 424 g/mol. The Kier molecular flexibility index (Phi) is 5.88. The second-order valence-corrected chi connectivity index (χ2v) is 7.56. The smallest absolute Gasteiger partial charge is 0.255 e. The van der Waals surface area contributed by atoms with Gasteiger partial charge in [-0.1, -0.05) is 6.42 Å². The van der Waals surface area contributed by atoms with E-state index >= 15 is 0 Å². The van der Waals surface area contributed by atoms with Gasteiger partial charge in [0.15, 0.2) is 5.82 Å². The molecule has 0 saturated carbocycles. The van der Waals surface area contributed by atoms with Gasteiger partial charge in [0.2, 0.25) is 0 Å². The van der Waals surface area contributed by atoms with Crippen molar-refractivity contribution >= 4 is 11.6 Å². The van der Waals surface area contributed by atoms with Gasteiger partial charge in [-0.05, 0) is 50.1 Å². The van der Waals surface area contributed by atoms with Crippen molar-refractivity contribution < 1.29 is 18.7 Å². The van der Waals surface area contributed by atoms with E-state index < -0.39 is 5.82 Å². The lowest BCUT2D eigenvalue weighted by molar-refractivity contribution is 0.102. The number of amides is 1. The van der Waals surface area contributed by atoms with Crippen LogP contribution in [0.3, 0.4) is 0 Å². The number of hydrogen-bond acceptors (Lipinski definition) is 5. The predicted molar refractivity (Wildman–Crippen MR) is 115 cm³/mol. The first-order chi connectivity index (χ1) is 15.0. The Morgan fingerprint density at radius 2 is 1.81 bits per heavy atom. The Hall–Kier alpha value is -3.42. The van der Waals surface area contributed by atoms with E-state index in [9.17, 15) is 9.18 Å². The quantitative estimate of drug-likeness (QED) is 0.657. The van der Waals surface area contributed by atoms with Crippen molar-refractivity contribution in [3.8, 4) is 22.9 Å². The van der Waals surface area contributed by atoms with E-state index in [1.165, 1.54) is 26.4 Å². The van der Waals surface area contributed by atoms with Crippen LogP contribution in [-0.4, -0.2) is 34.9 Å². The van der Waals surface area contributed by atoms with Gasteiger partial charge in [-0.2, -0.15) is 0 Å². The van der Waals surface area contributed by atoms with Gasteiger partial charge in [0.25, 0.3) is 5.91 Å². The highest BCUT2D eigenvalue weighted by Crippen LogP contribution is 2.31. The van der Waals surface area contributed by atoms with Crippen LogP contribution in [0.1, 0.15) is 41.0 Å². The van der Waals surface area contributed by atoms with Crippen LogP contribution in [0.15, 0.2) is 30.3 Å². The summed E-state index contributed by atoms with van der Waals surface area (Å²) in [7, 11) is 3.08. The van der Waals surface area contributed by atoms with Crippen LogP contribution >= 0.6 is 0 Å². The molecule has 0 bridgehead atoms. The number of aromatic nitrogens is 3. The van der Waals surface area contributed by atoms with Gasteiger partial charge < -0.3 is 19.4 Å². The predicted octanol–water partition coefficient (Wildman–Crippen LogP) is 4.39. The number of nitrogens with zero attached hydrogens (tertiary/aromatic N) is 3. The normalized spacial score (nSPS) is 13.3. The molecule has 0 fully saturated rings. The molecule has 0 unspecified atom stereocenters. The molecule has 162 valence electrons. The summed E-state index contributed by atoms with van der Waals surface area (Å²) < 4.78 is 27.4. The van der Waals surface area contributed by atoms with Crippen LogP contribution in [0.4, 0.5) is 10.1 Å². The Balaban J connectivity index is 1.64. The van der Waals surface area contributed by atoms with Gasteiger partial charge in [0, 0.05) is 29.8 Å². The number of hydrogen-bond donors (Lipinski definition) is 1. The molecule has 0 aliphatic carbocycles. The fraction of sp³-hybridized carbons (Fsp3) is 0.348. The van der Waals surface area contributed by atoms with Gasteiger partial charge in [-0.3, -0.25) is 4.79 Å². The van der Waals surface area contributed by atoms with Gasteiger partial charge in [0.05, 0.1) is 19.8 Å². The summed E-state index contributed by atoms with van der Waals surface area (Å²) in [5.41, 5.74) is 1.96. The van der Waals surface area contributed by atoms with Crippen molar-refractivity contribution in [2.45, 2.75) is 39.2 Å². The third-order valence-electron chi connectivity index (χ3n) is 5.59. The summed E-state index contributed by atoms with van der Waals surface area (Å²) in [5.74, 6) is 1.71. The summed E-state index contributed by atoms with van der Waals surface area (Å²) in [6.45, 7) is 2.61. The number of rotatable bonds is 5. The Labute approximate surface area is 180 Å². The SMILES string of the molecule is COc1cc(C(=O)Nc2ccc(F)c(-c3nnc4n3CCCCC4)c2)cc(OC)c1C. The molecule has 0 spiro atoms. The molecule has 0 atom stereocenters. The van der Waals surface area contributed by atoms with Crippen LogP contribution in [-0.2, 0) is 13.0 Å².